The topological polar surface area (TPSA) is 33.0 Å². The summed E-state index contributed by atoms with van der Waals surface area (Å²) >= 11 is 0. The lowest BCUT2D eigenvalue weighted by Gasteiger charge is -2.13. The number of nitrogens with zero attached hydrogens (tertiary/aromatic N) is 1. The van der Waals surface area contributed by atoms with Crippen molar-refractivity contribution >= 4 is 0 Å². The fourth-order valence-electron chi connectivity index (χ4n) is 1.27. The maximum absolute atomic E-state index is 12.0. The molecule has 0 N–H and O–H groups in total. The number of alkyl halides is 3. The summed E-state index contributed by atoms with van der Waals surface area (Å²) in [5.74, 6) is 0.145. The van der Waals surface area contributed by atoms with Crippen LogP contribution in [-0.4, -0.2) is 12.8 Å². The van der Waals surface area contributed by atoms with Crippen LogP contribution in [0.4, 0.5) is 13.2 Å². The van der Waals surface area contributed by atoms with Crippen molar-refractivity contribution < 1.29 is 17.9 Å². The molecule has 0 atom stereocenters. The van der Waals surface area contributed by atoms with Gasteiger partial charge >= 0.3 is 6.18 Å². The van der Waals surface area contributed by atoms with Crippen LogP contribution < -0.4 is 4.74 Å². The third-order valence-electron chi connectivity index (χ3n) is 2.18. The van der Waals surface area contributed by atoms with E-state index in [0.717, 1.165) is 5.56 Å². The van der Waals surface area contributed by atoms with Gasteiger partial charge in [-0.25, -0.2) is 0 Å². The molecule has 1 rings (SSSR count). The van der Waals surface area contributed by atoms with Crippen LogP contribution in [0.3, 0.4) is 0 Å². The molecule has 92 valence electrons. The smallest absolute Gasteiger partial charge is 0.422 e. The van der Waals surface area contributed by atoms with Crippen LogP contribution in [0.2, 0.25) is 0 Å². The van der Waals surface area contributed by atoms with Gasteiger partial charge in [-0.05, 0) is 23.6 Å². The summed E-state index contributed by atoms with van der Waals surface area (Å²) in [4.78, 5) is 0. The quantitative estimate of drug-likeness (QED) is 0.812. The van der Waals surface area contributed by atoms with Crippen molar-refractivity contribution in [2.75, 3.05) is 6.61 Å². The summed E-state index contributed by atoms with van der Waals surface area (Å²) in [6.45, 7) is 2.44. The maximum atomic E-state index is 12.0. The second-order valence-corrected chi connectivity index (χ2v) is 3.93. The van der Waals surface area contributed by atoms with Crippen LogP contribution in [-0.2, 0) is 0 Å². The van der Waals surface area contributed by atoms with Crippen LogP contribution in [0.1, 0.15) is 30.9 Å². The molecule has 2 nitrogen and oxygen atoms in total. The van der Waals surface area contributed by atoms with E-state index >= 15 is 0 Å². The number of hydrogen-bond donors (Lipinski definition) is 0. The first-order chi connectivity index (χ1) is 7.83. The number of nitriles is 1. The van der Waals surface area contributed by atoms with E-state index in [9.17, 15) is 13.2 Å². The minimum atomic E-state index is -4.40. The Kier molecular flexibility index (Phi) is 4.00. The number of rotatable bonds is 3. The van der Waals surface area contributed by atoms with E-state index in [1.54, 1.807) is 12.1 Å². The Morgan fingerprint density at radius 1 is 1.35 bits per heavy atom. The number of halogens is 3. The van der Waals surface area contributed by atoms with E-state index in [0.29, 0.717) is 0 Å². The lowest BCUT2D eigenvalue weighted by Crippen LogP contribution is -2.19. The third kappa shape index (κ3) is 3.99. The minimum Gasteiger partial charge on any atom is -0.483 e. The van der Waals surface area contributed by atoms with Gasteiger partial charge in [-0.15, -0.1) is 0 Å². The predicted octanol–water partition coefficient (Wildman–Crippen LogP) is 3.62. The SMILES string of the molecule is CC(C)c1ccc(C#N)c(OCC(F)(F)F)c1. The van der Waals surface area contributed by atoms with Gasteiger partial charge < -0.3 is 4.74 Å². The van der Waals surface area contributed by atoms with Crippen molar-refractivity contribution in [2.24, 2.45) is 0 Å². The average molecular weight is 243 g/mol. The van der Waals surface area contributed by atoms with Crippen molar-refractivity contribution in [1.82, 2.24) is 0 Å². The third-order valence-corrected chi connectivity index (χ3v) is 2.18. The molecule has 0 aliphatic rings. The Labute approximate surface area is 97.6 Å². The van der Waals surface area contributed by atoms with Crippen molar-refractivity contribution in [1.29, 1.82) is 5.26 Å². The second kappa shape index (κ2) is 5.09. The zero-order valence-electron chi connectivity index (χ0n) is 9.51. The molecular formula is C12H12F3NO. The fourth-order valence-corrected chi connectivity index (χ4v) is 1.27. The lowest BCUT2D eigenvalue weighted by molar-refractivity contribution is -0.153. The van der Waals surface area contributed by atoms with Crippen LogP contribution in [0.15, 0.2) is 18.2 Å². The molecule has 0 aliphatic heterocycles. The molecule has 1 aromatic carbocycles. The molecule has 17 heavy (non-hydrogen) atoms. The first-order valence-corrected chi connectivity index (χ1v) is 5.07. The van der Waals surface area contributed by atoms with Crippen LogP contribution in [0, 0.1) is 11.3 Å². The van der Waals surface area contributed by atoms with Crippen molar-refractivity contribution in [2.45, 2.75) is 25.9 Å². The molecule has 0 radical (unpaired) electrons. The number of hydrogen-bond acceptors (Lipinski definition) is 2. The average Bonchev–Trinajstić information content (AvgIpc) is 2.24. The molecule has 0 unspecified atom stereocenters. The number of benzene rings is 1. The summed E-state index contributed by atoms with van der Waals surface area (Å²) in [6, 6.07) is 6.47. The van der Waals surface area contributed by atoms with Gasteiger partial charge in [0.2, 0.25) is 0 Å². The Morgan fingerprint density at radius 2 is 2.00 bits per heavy atom. The lowest BCUT2D eigenvalue weighted by atomic mass is 10.0. The van der Waals surface area contributed by atoms with Gasteiger partial charge in [0, 0.05) is 0 Å². The molecule has 0 spiro atoms. The fraction of sp³-hybridized carbons (Fsp3) is 0.417. The standard InChI is InChI=1S/C12H12F3NO/c1-8(2)9-3-4-10(6-16)11(5-9)17-7-12(13,14)15/h3-5,8H,7H2,1-2H3. The highest BCUT2D eigenvalue weighted by Crippen LogP contribution is 2.26. The second-order valence-electron chi connectivity index (χ2n) is 3.93. The van der Waals surface area contributed by atoms with Crippen LogP contribution >= 0.6 is 0 Å². The Bertz CT molecular complexity index is 432. The minimum absolute atomic E-state index is 0.0176. The van der Waals surface area contributed by atoms with E-state index in [-0.39, 0.29) is 17.2 Å². The predicted molar refractivity (Wildman–Crippen MR) is 56.8 cm³/mol. The molecule has 0 aliphatic carbocycles. The zero-order chi connectivity index (χ0) is 13.1. The van der Waals surface area contributed by atoms with E-state index in [2.05, 4.69) is 4.74 Å². The Morgan fingerprint density at radius 3 is 2.47 bits per heavy atom. The molecule has 0 saturated heterocycles. The van der Waals surface area contributed by atoms with Gasteiger partial charge in [0.15, 0.2) is 6.61 Å². The van der Waals surface area contributed by atoms with E-state index in [1.807, 2.05) is 13.8 Å². The van der Waals surface area contributed by atoms with Crippen LogP contribution in [0.5, 0.6) is 5.75 Å². The van der Waals surface area contributed by atoms with Crippen molar-refractivity contribution in [3.63, 3.8) is 0 Å². The summed E-state index contributed by atoms with van der Waals surface area (Å²) in [7, 11) is 0. The highest BCUT2D eigenvalue weighted by atomic mass is 19.4. The van der Waals surface area contributed by atoms with Gasteiger partial charge in [-0.2, -0.15) is 18.4 Å². The van der Waals surface area contributed by atoms with Crippen molar-refractivity contribution in [3.8, 4) is 11.8 Å². The monoisotopic (exact) mass is 243 g/mol. The largest absolute Gasteiger partial charge is 0.483 e. The van der Waals surface area contributed by atoms with Gasteiger partial charge in [-0.3, -0.25) is 0 Å². The highest BCUT2D eigenvalue weighted by Gasteiger charge is 2.28. The van der Waals surface area contributed by atoms with Crippen LogP contribution in [0.25, 0.3) is 0 Å². The van der Waals surface area contributed by atoms with E-state index in [4.69, 9.17) is 5.26 Å². The summed E-state index contributed by atoms with van der Waals surface area (Å²) in [6.07, 6.45) is -4.40. The summed E-state index contributed by atoms with van der Waals surface area (Å²) in [5.41, 5.74) is 0.944. The Hall–Kier alpha value is -1.70. The molecule has 0 aromatic heterocycles. The maximum Gasteiger partial charge on any atom is 0.422 e. The molecule has 0 bridgehead atoms. The molecule has 0 heterocycles. The van der Waals surface area contributed by atoms with Gasteiger partial charge in [-0.1, -0.05) is 19.9 Å². The first-order valence-electron chi connectivity index (χ1n) is 5.07. The zero-order valence-corrected chi connectivity index (χ0v) is 9.51. The molecule has 0 fully saturated rings. The molecule has 0 amide bonds. The molecular weight excluding hydrogens is 231 g/mol. The van der Waals surface area contributed by atoms with E-state index < -0.39 is 12.8 Å². The summed E-state index contributed by atoms with van der Waals surface area (Å²) < 4.78 is 40.7. The molecule has 5 heteroatoms. The van der Waals surface area contributed by atoms with Gasteiger partial charge in [0.1, 0.15) is 11.8 Å². The van der Waals surface area contributed by atoms with Gasteiger partial charge in [0.05, 0.1) is 5.56 Å². The number of ether oxygens (including phenoxy) is 1. The van der Waals surface area contributed by atoms with E-state index in [1.165, 1.54) is 12.1 Å². The Balaban J connectivity index is 2.95. The molecule has 1 aromatic rings. The normalized spacial score (nSPS) is 11.4. The highest BCUT2D eigenvalue weighted by molar-refractivity contribution is 5.46. The molecule has 0 saturated carbocycles. The summed E-state index contributed by atoms with van der Waals surface area (Å²) in [5, 5.41) is 8.77. The first kappa shape index (κ1) is 13.4. The van der Waals surface area contributed by atoms with Crippen molar-refractivity contribution in [3.05, 3.63) is 29.3 Å². The van der Waals surface area contributed by atoms with Gasteiger partial charge in [0.25, 0.3) is 0 Å².